The zero-order chi connectivity index (χ0) is 12.2. The third kappa shape index (κ3) is 6.33. The highest BCUT2D eigenvalue weighted by Crippen LogP contribution is 2.13. The Kier molecular flexibility index (Phi) is 5.08. The van der Waals surface area contributed by atoms with Gasteiger partial charge in [-0.25, -0.2) is 9.86 Å². The van der Waals surface area contributed by atoms with Gasteiger partial charge in [-0.15, -0.1) is 0 Å². The Morgan fingerprint density at radius 2 is 1.67 bits per heavy atom. The minimum Gasteiger partial charge on any atom is -0.334 e. The molecular weight excluding hydrogens is 192 g/mol. The van der Waals surface area contributed by atoms with E-state index in [-0.39, 0.29) is 23.7 Å². The predicted molar refractivity (Wildman–Crippen MR) is 61.5 cm³/mol. The smallest absolute Gasteiger partial charge is 0.334 e. The molecule has 4 heteroatoms. The molecule has 0 aliphatic carbocycles. The normalized spacial score (nSPS) is 12.1. The van der Waals surface area contributed by atoms with E-state index in [4.69, 9.17) is 4.84 Å². The summed E-state index contributed by atoms with van der Waals surface area (Å²) in [5.41, 5.74) is -0.363. The number of rotatable bonds is 3. The van der Waals surface area contributed by atoms with Crippen LogP contribution < -0.4 is 5.32 Å². The van der Waals surface area contributed by atoms with E-state index in [0.717, 1.165) is 0 Å². The SMILES string of the molecule is CC(C)NC(=O)N(OC(C)(C)C)C(C)C. The van der Waals surface area contributed by atoms with Gasteiger partial charge in [-0.2, -0.15) is 0 Å². The average molecular weight is 216 g/mol. The quantitative estimate of drug-likeness (QED) is 0.737. The fourth-order valence-electron chi connectivity index (χ4n) is 0.987. The van der Waals surface area contributed by atoms with Gasteiger partial charge in [-0.1, -0.05) is 0 Å². The number of hydrogen-bond acceptors (Lipinski definition) is 2. The fraction of sp³-hybridized carbons (Fsp3) is 0.909. The van der Waals surface area contributed by atoms with Crippen LogP contribution in [0.25, 0.3) is 0 Å². The molecule has 0 aromatic heterocycles. The predicted octanol–water partition coefficient (Wildman–Crippen LogP) is 2.54. The lowest BCUT2D eigenvalue weighted by atomic mass is 10.2. The summed E-state index contributed by atoms with van der Waals surface area (Å²) in [6.07, 6.45) is 0. The van der Waals surface area contributed by atoms with Crippen LogP contribution in [-0.4, -0.2) is 28.8 Å². The molecule has 0 fully saturated rings. The van der Waals surface area contributed by atoms with Crippen LogP contribution in [0.3, 0.4) is 0 Å². The molecule has 0 aromatic rings. The van der Waals surface area contributed by atoms with Crippen LogP contribution in [0.1, 0.15) is 48.5 Å². The van der Waals surface area contributed by atoms with Gasteiger partial charge in [0.15, 0.2) is 0 Å². The van der Waals surface area contributed by atoms with Crippen molar-refractivity contribution in [3.63, 3.8) is 0 Å². The van der Waals surface area contributed by atoms with Crippen molar-refractivity contribution < 1.29 is 9.63 Å². The molecule has 4 nitrogen and oxygen atoms in total. The van der Waals surface area contributed by atoms with E-state index in [1.165, 1.54) is 5.06 Å². The zero-order valence-electron chi connectivity index (χ0n) is 10.9. The van der Waals surface area contributed by atoms with Crippen LogP contribution in [0, 0.1) is 0 Å². The Labute approximate surface area is 92.9 Å². The van der Waals surface area contributed by atoms with E-state index >= 15 is 0 Å². The van der Waals surface area contributed by atoms with Gasteiger partial charge in [-0.3, -0.25) is 4.84 Å². The molecule has 0 aliphatic heterocycles. The summed E-state index contributed by atoms with van der Waals surface area (Å²) in [6, 6.07) is -0.0554. The van der Waals surface area contributed by atoms with Gasteiger partial charge in [-0.05, 0) is 48.5 Å². The van der Waals surface area contributed by atoms with Gasteiger partial charge in [0.25, 0.3) is 0 Å². The van der Waals surface area contributed by atoms with E-state index in [0.29, 0.717) is 0 Å². The molecule has 0 unspecified atom stereocenters. The molecule has 0 spiro atoms. The molecule has 0 saturated carbocycles. The Bertz CT molecular complexity index is 207. The summed E-state index contributed by atoms with van der Waals surface area (Å²) >= 11 is 0. The third-order valence-corrected chi connectivity index (χ3v) is 1.45. The van der Waals surface area contributed by atoms with Crippen molar-refractivity contribution in [1.29, 1.82) is 0 Å². The number of amides is 2. The van der Waals surface area contributed by atoms with Crippen molar-refractivity contribution >= 4 is 6.03 Å². The molecule has 0 rings (SSSR count). The Morgan fingerprint density at radius 1 is 1.20 bits per heavy atom. The van der Waals surface area contributed by atoms with E-state index in [9.17, 15) is 4.79 Å². The van der Waals surface area contributed by atoms with E-state index < -0.39 is 0 Å². The summed E-state index contributed by atoms with van der Waals surface area (Å²) in [4.78, 5) is 17.3. The molecular formula is C11H24N2O2. The number of hydroxylamine groups is 2. The van der Waals surface area contributed by atoms with Gasteiger partial charge in [0.05, 0.1) is 11.6 Å². The second kappa shape index (κ2) is 5.35. The first-order valence-corrected chi connectivity index (χ1v) is 5.42. The molecule has 0 aliphatic rings. The summed E-state index contributed by atoms with van der Waals surface area (Å²) < 4.78 is 0. The lowest BCUT2D eigenvalue weighted by Crippen LogP contribution is -2.49. The molecule has 0 atom stereocenters. The maximum absolute atomic E-state index is 11.8. The van der Waals surface area contributed by atoms with E-state index in [1.54, 1.807) is 0 Å². The minimum atomic E-state index is -0.363. The van der Waals surface area contributed by atoms with Crippen molar-refractivity contribution in [3.05, 3.63) is 0 Å². The van der Waals surface area contributed by atoms with Gasteiger partial charge in [0, 0.05) is 6.04 Å². The molecule has 1 N–H and O–H groups in total. The third-order valence-electron chi connectivity index (χ3n) is 1.45. The van der Waals surface area contributed by atoms with Gasteiger partial charge in [0.1, 0.15) is 0 Å². The zero-order valence-corrected chi connectivity index (χ0v) is 10.9. The van der Waals surface area contributed by atoms with Crippen molar-refractivity contribution in [2.75, 3.05) is 0 Å². The summed E-state index contributed by atoms with van der Waals surface area (Å²) in [6.45, 7) is 13.5. The largest absolute Gasteiger partial charge is 0.341 e. The molecule has 2 amide bonds. The first-order chi connectivity index (χ1) is 6.63. The van der Waals surface area contributed by atoms with Gasteiger partial charge in [0.2, 0.25) is 0 Å². The first kappa shape index (κ1) is 14.2. The van der Waals surface area contributed by atoms with Crippen LogP contribution in [0.4, 0.5) is 4.79 Å². The average Bonchev–Trinajstić information content (AvgIpc) is 1.96. The first-order valence-electron chi connectivity index (χ1n) is 5.42. The molecule has 0 radical (unpaired) electrons. The molecule has 15 heavy (non-hydrogen) atoms. The molecule has 0 saturated heterocycles. The topological polar surface area (TPSA) is 41.6 Å². The van der Waals surface area contributed by atoms with Crippen molar-refractivity contribution in [2.24, 2.45) is 0 Å². The monoisotopic (exact) mass is 216 g/mol. The number of nitrogens with one attached hydrogen (secondary N) is 1. The van der Waals surface area contributed by atoms with E-state index in [1.807, 2.05) is 48.5 Å². The minimum absolute atomic E-state index is 0.0166. The summed E-state index contributed by atoms with van der Waals surface area (Å²) in [5, 5.41) is 4.20. The van der Waals surface area contributed by atoms with Crippen LogP contribution >= 0.6 is 0 Å². The number of nitrogens with zero attached hydrogens (tertiary/aromatic N) is 1. The van der Waals surface area contributed by atoms with Crippen LogP contribution in [0.2, 0.25) is 0 Å². The second-order valence-electron chi connectivity index (χ2n) is 5.23. The number of hydrogen-bond donors (Lipinski definition) is 1. The maximum atomic E-state index is 11.8. The van der Waals surface area contributed by atoms with Crippen molar-refractivity contribution in [2.45, 2.75) is 66.2 Å². The Morgan fingerprint density at radius 3 is 1.93 bits per heavy atom. The van der Waals surface area contributed by atoms with Crippen LogP contribution in [-0.2, 0) is 4.84 Å². The summed E-state index contributed by atoms with van der Waals surface area (Å²) in [7, 11) is 0. The number of carbonyl (C=O) groups is 1. The lowest BCUT2D eigenvalue weighted by molar-refractivity contribution is -0.208. The molecule has 0 aromatic carbocycles. The Hall–Kier alpha value is -0.770. The Balaban J connectivity index is 4.46. The molecule has 90 valence electrons. The van der Waals surface area contributed by atoms with Gasteiger partial charge < -0.3 is 5.32 Å². The fourth-order valence-corrected chi connectivity index (χ4v) is 0.987. The van der Waals surface area contributed by atoms with E-state index in [2.05, 4.69) is 5.32 Å². The van der Waals surface area contributed by atoms with Crippen molar-refractivity contribution in [3.8, 4) is 0 Å². The molecule has 0 heterocycles. The second-order valence-corrected chi connectivity index (χ2v) is 5.23. The lowest BCUT2D eigenvalue weighted by Gasteiger charge is -2.33. The number of carbonyl (C=O) groups excluding carboxylic acids is 1. The highest BCUT2D eigenvalue weighted by molar-refractivity contribution is 5.73. The van der Waals surface area contributed by atoms with Crippen LogP contribution in [0.15, 0.2) is 0 Å². The standard InChI is InChI=1S/C11H24N2O2/c1-8(2)12-10(14)13(9(3)4)15-11(5,6)7/h8-9H,1-7H3,(H,12,14). The molecule has 0 bridgehead atoms. The van der Waals surface area contributed by atoms with Crippen LogP contribution in [0.5, 0.6) is 0 Å². The number of urea groups is 1. The summed E-state index contributed by atoms with van der Waals surface area (Å²) in [5.74, 6) is 0. The van der Waals surface area contributed by atoms with Gasteiger partial charge >= 0.3 is 6.03 Å². The highest BCUT2D eigenvalue weighted by atomic mass is 16.7. The van der Waals surface area contributed by atoms with Crippen molar-refractivity contribution in [1.82, 2.24) is 10.4 Å². The highest BCUT2D eigenvalue weighted by Gasteiger charge is 2.24. The maximum Gasteiger partial charge on any atom is 0.341 e.